The first-order chi connectivity index (χ1) is 16.1. The first kappa shape index (κ1) is 22.7. The van der Waals surface area contributed by atoms with Gasteiger partial charge in [0.15, 0.2) is 5.71 Å². The summed E-state index contributed by atoms with van der Waals surface area (Å²) in [6, 6.07) is 15.3. The molecule has 172 valence electrons. The fraction of sp³-hybridized carbons (Fsp3) is 0. The van der Waals surface area contributed by atoms with Crippen LogP contribution < -0.4 is 10.4 Å². The number of nitrogens with one attached hydrogen (secondary N) is 1. The number of amides is 1. The molecule has 0 spiro atoms. The topological polar surface area (TPSA) is 155 Å². The number of hydrazone groups is 2. The van der Waals surface area contributed by atoms with E-state index in [1.807, 2.05) is 0 Å². The van der Waals surface area contributed by atoms with Gasteiger partial charge in [-0.3, -0.25) is 24.9 Å². The van der Waals surface area contributed by atoms with Gasteiger partial charge in [0.2, 0.25) is 0 Å². The van der Waals surface area contributed by atoms with Crippen LogP contribution in [0.4, 0.5) is 21.5 Å². The first-order valence-corrected chi connectivity index (χ1v) is 10.9. The van der Waals surface area contributed by atoms with Gasteiger partial charge in [0.05, 0.1) is 21.2 Å². The van der Waals surface area contributed by atoms with Crippen molar-refractivity contribution in [2.45, 2.75) is 4.90 Å². The van der Waals surface area contributed by atoms with Crippen molar-refractivity contribution in [1.82, 2.24) is 0 Å². The number of anilines is 2. The monoisotopic (exact) mass is 483 g/mol. The van der Waals surface area contributed by atoms with Crippen LogP contribution in [0.2, 0.25) is 0 Å². The lowest BCUT2D eigenvalue weighted by Gasteiger charge is -2.10. The van der Waals surface area contributed by atoms with Crippen LogP contribution >= 0.6 is 0 Å². The lowest BCUT2D eigenvalue weighted by atomic mass is 10.1. The Balaban J connectivity index is 1.70. The van der Waals surface area contributed by atoms with Gasteiger partial charge in [-0.05, 0) is 60.7 Å². The standard InChI is InChI=1S/C21H14FN5O6S/c22-14-3-9-16(10-4-14)26-21(28)20(19(25-26)13-1-7-17(8-2-13)27(29)30)24-23-15-5-11-18(12-6-15)34(31,32)33/h1-12,23H,(H,31,32,33). The van der Waals surface area contributed by atoms with Gasteiger partial charge >= 0.3 is 5.91 Å². The Hall–Kier alpha value is -4.49. The van der Waals surface area contributed by atoms with Crippen molar-refractivity contribution in [2.24, 2.45) is 10.2 Å². The van der Waals surface area contributed by atoms with E-state index in [-0.39, 0.29) is 27.7 Å². The molecule has 0 bridgehead atoms. The Labute approximate surface area is 191 Å². The quantitative estimate of drug-likeness (QED) is 0.310. The molecule has 0 aliphatic carbocycles. The van der Waals surface area contributed by atoms with Gasteiger partial charge in [-0.15, -0.1) is 0 Å². The second kappa shape index (κ2) is 8.80. The second-order valence-corrected chi connectivity index (χ2v) is 8.34. The number of benzene rings is 3. The van der Waals surface area contributed by atoms with Crippen molar-refractivity contribution >= 4 is 44.5 Å². The molecule has 4 rings (SSSR count). The van der Waals surface area contributed by atoms with E-state index in [4.69, 9.17) is 4.55 Å². The summed E-state index contributed by atoms with van der Waals surface area (Å²) in [7, 11) is -4.37. The summed E-state index contributed by atoms with van der Waals surface area (Å²) in [6.45, 7) is 0. The summed E-state index contributed by atoms with van der Waals surface area (Å²) in [5.74, 6) is -1.15. The van der Waals surface area contributed by atoms with Crippen molar-refractivity contribution in [3.05, 3.63) is 94.3 Å². The molecule has 11 nitrogen and oxygen atoms in total. The van der Waals surface area contributed by atoms with Crippen molar-refractivity contribution < 1.29 is 27.1 Å². The number of halogens is 1. The molecule has 0 atom stereocenters. The SMILES string of the molecule is O=C1C(=NNc2ccc(S(=O)(=O)O)cc2)C(c2ccc([N+](=O)[O-])cc2)=NN1c1ccc(F)cc1. The van der Waals surface area contributed by atoms with E-state index in [1.165, 1.54) is 48.5 Å². The molecule has 1 aliphatic rings. The van der Waals surface area contributed by atoms with Crippen molar-refractivity contribution in [3.8, 4) is 0 Å². The van der Waals surface area contributed by atoms with Crippen LogP contribution in [0, 0.1) is 15.9 Å². The van der Waals surface area contributed by atoms with Crippen LogP contribution in [0.25, 0.3) is 0 Å². The van der Waals surface area contributed by atoms with Gasteiger partial charge in [-0.25, -0.2) is 4.39 Å². The van der Waals surface area contributed by atoms with E-state index in [0.29, 0.717) is 11.3 Å². The third kappa shape index (κ3) is 4.65. The number of carbonyl (C=O) groups is 1. The number of nitrogens with zero attached hydrogens (tertiary/aromatic N) is 4. The summed E-state index contributed by atoms with van der Waals surface area (Å²) in [6.07, 6.45) is 0. The summed E-state index contributed by atoms with van der Waals surface area (Å²) in [4.78, 5) is 23.2. The van der Waals surface area contributed by atoms with E-state index < -0.39 is 26.8 Å². The maximum Gasteiger partial charge on any atom is 0.301 e. The number of rotatable bonds is 6. The number of hydrogen-bond acceptors (Lipinski definition) is 8. The normalized spacial score (nSPS) is 14.9. The van der Waals surface area contributed by atoms with Crippen LogP contribution in [0.3, 0.4) is 0 Å². The molecule has 0 saturated heterocycles. The minimum Gasteiger partial charge on any atom is -0.282 e. The molecule has 1 heterocycles. The van der Waals surface area contributed by atoms with E-state index >= 15 is 0 Å². The average Bonchev–Trinajstić information content (AvgIpc) is 3.14. The molecule has 1 aliphatic heterocycles. The van der Waals surface area contributed by atoms with Crippen molar-refractivity contribution in [1.29, 1.82) is 0 Å². The first-order valence-electron chi connectivity index (χ1n) is 9.48. The highest BCUT2D eigenvalue weighted by atomic mass is 32.2. The maximum atomic E-state index is 13.3. The van der Waals surface area contributed by atoms with E-state index in [2.05, 4.69) is 15.6 Å². The Bertz CT molecular complexity index is 1440. The Morgan fingerprint density at radius 1 is 1.00 bits per heavy atom. The Kier molecular flexibility index (Phi) is 5.88. The van der Waals surface area contributed by atoms with Crippen molar-refractivity contribution in [2.75, 3.05) is 10.4 Å². The number of hydrogen-bond donors (Lipinski definition) is 2. The molecule has 0 saturated carbocycles. The highest BCUT2D eigenvalue weighted by Gasteiger charge is 2.34. The van der Waals surface area contributed by atoms with Crippen LogP contribution in [0.5, 0.6) is 0 Å². The zero-order chi connectivity index (χ0) is 24.5. The molecule has 3 aromatic rings. The molecule has 0 radical (unpaired) electrons. The Morgan fingerprint density at radius 2 is 1.62 bits per heavy atom. The van der Waals surface area contributed by atoms with Gasteiger partial charge in [-0.1, -0.05) is 0 Å². The van der Waals surface area contributed by atoms with Crippen LogP contribution in [-0.2, 0) is 14.9 Å². The molecule has 34 heavy (non-hydrogen) atoms. The lowest BCUT2D eigenvalue weighted by Crippen LogP contribution is -2.28. The van der Waals surface area contributed by atoms with Gasteiger partial charge in [0.25, 0.3) is 15.8 Å². The van der Waals surface area contributed by atoms with E-state index in [9.17, 15) is 27.7 Å². The van der Waals surface area contributed by atoms with Gasteiger partial charge in [0, 0.05) is 17.7 Å². The summed E-state index contributed by atoms with van der Waals surface area (Å²) in [5, 5.41) is 20.3. The third-order valence-electron chi connectivity index (χ3n) is 4.69. The largest absolute Gasteiger partial charge is 0.301 e. The number of carbonyl (C=O) groups excluding carboxylic acids is 1. The fourth-order valence-electron chi connectivity index (χ4n) is 3.01. The molecule has 13 heteroatoms. The minimum absolute atomic E-state index is 0.103. The Morgan fingerprint density at radius 3 is 2.18 bits per heavy atom. The molecule has 0 aromatic heterocycles. The maximum absolute atomic E-state index is 13.3. The molecule has 0 fully saturated rings. The number of nitro benzene ring substituents is 1. The highest BCUT2D eigenvalue weighted by Crippen LogP contribution is 2.24. The van der Waals surface area contributed by atoms with Gasteiger partial charge in [0.1, 0.15) is 11.5 Å². The van der Waals surface area contributed by atoms with E-state index in [0.717, 1.165) is 29.3 Å². The predicted octanol–water partition coefficient (Wildman–Crippen LogP) is 3.20. The zero-order valence-corrected chi connectivity index (χ0v) is 17.8. The molecular formula is C21H14FN5O6S. The molecular weight excluding hydrogens is 469 g/mol. The fourth-order valence-corrected chi connectivity index (χ4v) is 3.49. The molecule has 3 aromatic carbocycles. The zero-order valence-electron chi connectivity index (χ0n) is 17.0. The lowest BCUT2D eigenvalue weighted by molar-refractivity contribution is -0.384. The molecule has 2 N–H and O–H groups in total. The van der Waals surface area contributed by atoms with Crippen LogP contribution in [0.15, 0.2) is 87.9 Å². The second-order valence-electron chi connectivity index (χ2n) is 6.92. The molecule has 1 amide bonds. The summed E-state index contributed by atoms with van der Waals surface area (Å²) in [5.41, 5.74) is 3.37. The predicted molar refractivity (Wildman–Crippen MR) is 121 cm³/mol. The van der Waals surface area contributed by atoms with Crippen molar-refractivity contribution in [3.63, 3.8) is 0 Å². The van der Waals surface area contributed by atoms with Crippen LogP contribution in [0.1, 0.15) is 5.56 Å². The number of non-ortho nitro benzene ring substituents is 1. The third-order valence-corrected chi connectivity index (χ3v) is 5.56. The minimum atomic E-state index is -4.37. The highest BCUT2D eigenvalue weighted by molar-refractivity contribution is 7.85. The summed E-state index contributed by atoms with van der Waals surface area (Å²) < 4.78 is 44.8. The van der Waals surface area contributed by atoms with Gasteiger partial charge < -0.3 is 0 Å². The van der Waals surface area contributed by atoms with Crippen LogP contribution in [-0.4, -0.2) is 35.2 Å². The average molecular weight is 483 g/mol. The molecule has 0 unspecified atom stereocenters. The van der Waals surface area contributed by atoms with E-state index in [1.54, 1.807) is 0 Å². The summed E-state index contributed by atoms with van der Waals surface area (Å²) >= 11 is 0. The van der Waals surface area contributed by atoms with Gasteiger partial charge in [-0.2, -0.15) is 23.6 Å². The number of nitro groups is 1. The smallest absolute Gasteiger partial charge is 0.282 e.